The van der Waals surface area contributed by atoms with Crippen LogP contribution in [0.2, 0.25) is 0 Å². The first-order valence-electron chi connectivity index (χ1n) is 5.78. The molecule has 1 aromatic rings. The van der Waals surface area contributed by atoms with Crippen LogP contribution in [-0.2, 0) is 9.47 Å². The highest BCUT2D eigenvalue weighted by Crippen LogP contribution is 2.11. The van der Waals surface area contributed by atoms with Gasteiger partial charge in [0.15, 0.2) is 0 Å². The summed E-state index contributed by atoms with van der Waals surface area (Å²) >= 11 is 0. The van der Waals surface area contributed by atoms with E-state index in [-0.39, 0.29) is 12.4 Å². The quantitative estimate of drug-likeness (QED) is 0.585. The highest BCUT2D eigenvalue weighted by Gasteiger charge is 2.06. The van der Waals surface area contributed by atoms with Crippen LogP contribution in [0.3, 0.4) is 0 Å². The molecule has 4 nitrogen and oxygen atoms in total. The Hall–Kier alpha value is -1.55. The predicted molar refractivity (Wildman–Crippen MR) is 64.1 cm³/mol. The molecule has 0 aliphatic heterocycles. The summed E-state index contributed by atoms with van der Waals surface area (Å²) in [5.74, 6) is -0.390. The van der Waals surface area contributed by atoms with Gasteiger partial charge in [-0.15, -0.1) is 0 Å². The summed E-state index contributed by atoms with van der Waals surface area (Å²) < 4.78 is 10.2. The number of phenols is 1. The van der Waals surface area contributed by atoms with Crippen molar-refractivity contribution in [2.24, 2.45) is 0 Å². The van der Waals surface area contributed by atoms with Crippen LogP contribution in [-0.4, -0.2) is 30.9 Å². The van der Waals surface area contributed by atoms with Gasteiger partial charge in [0.25, 0.3) is 0 Å². The molecule has 0 aromatic heterocycles. The third kappa shape index (κ3) is 5.36. The van der Waals surface area contributed by atoms with Crippen LogP contribution in [0.15, 0.2) is 24.3 Å². The van der Waals surface area contributed by atoms with Gasteiger partial charge in [-0.05, 0) is 24.6 Å². The molecule has 0 bridgehead atoms. The first kappa shape index (κ1) is 13.5. The van der Waals surface area contributed by atoms with Crippen LogP contribution in [0, 0.1) is 0 Å². The molecule has 0 saturated heterocycles. The summed E-state index contributed by atoms with van der Waals surface area (Å²) in [5.41, 5.74) is 0.346. The zero-order valence-corrected chi connectivity index (χ0v) is 10.0. The number of ether oxygens (including phenoxy) is 2. The van der Waals surface area contributed by atoms with E-state index in [0.29, 0.717) is 18.8 Å². The molecule has 0 spiro atoms. The van der Waals surface area contributed by atoms with Crippen molar-refractivity contribution in [3.05, 3.63) is 29.8 Å². The van der Waals surface area contributed by atoms with Crippen molar-refractivity contribution < 1.29 is 19.4 Å². The zero-order chi connectivity index (χ0) is 12.5. The smallest absolute Gasteiger partial charge is 0.338 e. The molecule has 17 heavy (non-hydrogen) atoms. The minimum Gasteiger partial charge on any atom is -0.508 e. The Labute approximate surface area is 101 Å². The molecule has 0 aliphatic rings. The maximum atomic E-state index is 11.5. The molecule has 0 aliphatic carbocycles. The number of unbranched alkanes of at least 4 members (excludes halogenated alkanes) is 1. The molecule has 0 amide bonds. The zero-order valence-electron chi connectivity index (χ0n) is 10.0. The van der Waals surface area contributed by atoms with Gasteiger partial charge in [-0.25, -0.2) is 4.79 Å². The van der Waals surface area contributed by atoms with E-state index in [1.807, 2.05) is 0 Å². The minimum atomic E-state index is -0.444. The fraction of sp³-hybridized carbons (Fsp3) is 0.462. The number of hydrogen-bond donors (Lipinski definition) is 1. The van der Waals surface area contributed by atoms with Crippen LogP contribution in [0.1, 0.15) is 30.1 Å². The predicted octanol–water partition coefficient (Wildman–Crippen LogP) is 2.37. The minimum absolute atomic E-state index is 0.0543. The number of aromatic hydroxyl groups is 1. The summed E-state index contributed by atoms with van der Waals surface area (Å²) in [6.45, 7) is 3.42. The largest absolute Gasteiger partial charge is 0.508 e. The van der Waals surface area contributed by atoms with Crippen molar-refractivity contribution in [3.8, 4) is 5.75 Å². The van der Waals surface area contributed by atoms with Gasteiger partial charge in [0.05, 0.1) is 12.2 Å². The van der Waals surface area contributed by atoms with Crippen molar-refractivity contribution in [2.75, 3.05) is 19.8 Å². The maximum Gasteiger partial charge on any atom is 0.338 e. The van der Waals surface area contributed by atoms with Gasteiger partial charge in [-0.2, -0.15) is 0 Å². The Morgan fingerprint density at radius 3 is 2.82 bits per heavy atom. The van der Waals surface area contributed by atoms with Crippen LogP contribution in [0.25, 0.3) is 0 Å². The van der Waals surface area contributed by atoms with Gasteiger partial charge in [-0.1, -0.05) is 19.4 Å². The molecule has 0 saturated carbocycles. The molecule has 4 heteroatoms. The third-order valence-corrected chi connectivity index (χ3v) is 2.18. The molecule has 0 fully saturated rings. The molecule has 1 aromatic carbocycles. The van der Waals surface area contributed by atoms with E-state index in [2.05, 4.69) is 6.92 Å². The van der Waals surface area contributed by atoms with Crippen molar-refractivity contribution in [1.82, 2.24) is 0 Å². The molecule has 1 N–H and O–H groups in total. The molecule has 0 radical (unpaired) electrons. The number of esters is 1. The lowest BCUT2D eigenvalue weighted by Crippen LogP contribution is -2.11. The van der Waals surface area contributed by atoms with Crippen LogP contribution < -0.4 is 0 Å². The van der Waals surface area contributed by atoms with E-state index < -0.39 is 5.97 Å². The van der Waals surface area contributed by atoms with Crippen LogP contribution >= 0.6 is 0 Å². The molecule has 0 heterocycles. The van der Waals surface area contributed by atoms with Gasteiger partial charge in [-0.3, -0.25) is 0 Å². The number of carbonyl (C=O) groups excluding carboxylic acids is 1. The lowest BCUT2D eigenvalue weighted by Gasteiger charge is -2.05. The topological polar surface area (TPSA) is 55.8 Å². The first-order chi connectivity index (χ1) is 8.24. The monoisotopic (exact) mass is 238 g/mol. The third-order valence-electron chi connectivity index (χ3n) is 2.18. The van der Waals surface area contributed by atoms with Gasteiger partial charge < -0.3 is 14.6 Å². The Bertz CT molecular complexity index is 349. The Morgan fingerprint density at radius 2 is 2.12 bits per heavy atom. The van der Waals surface area contributed by atoms with E-state index in [9.17, 15) is 9.90 Å². The lowest BCUT2D eigenvalue weighted by molar-refractivity contribution is 0.0313. The van der Waals surface area contributed by atoms with Crippen molar-refractivity contribution in [1.29, 1.82) is 0 Å². The summed E-state index contributed by atoms with van der Waals surface area (Å²) in [6.07, 6.45) is 2.10. The van der Waals surface area contributed by atoms with Gasteiger partial charge in [0.1, 0.15) is 12.4 Å². The molecule has 94 valence electrons. The summed E-state index contributed by atoms with van der Waals surface area (Å²) in [7, 11) is 0. The normalized spacial score (nSPS) is 10.2. The van der Waals surface area contributed by atoms with Crippen molar-refractivity contribution in [3.63, 3.8) is 0 Å². The highest BCUT2D eigenvalue weighted by atomic mass is 16.6. The fourth-order valence-corrected chi connectivity index (χ4v) is 1.26. The molecule has 1 rings (SSSR count). The number of rotatable bonds is 7. The second-order valence-electron chi connectivity index (χ2n) is 3.65. The van der Waals surface area contributed by atoms with Gasteiger partial charge in [0.2, 0.25) is 0 Å². The van der Waals surface area contributed by atoms with E-state index in [4.69, 9.17) is 9.47 Å². The maximum absolute atomic E-state index is 11.5. The van der Waals surface area contributed by atoms with E-state index in [0.717, 1.165) is 12.8 Å². The van der Waals surface area contributed by atoms with E-state index in [1.54, 1.807) is 12.1 Å². The fourth-order valence-electron chi connectivity index (χ4n) is 1.26. The molecule has 0 unspecified atom stereocenters. The Kier molecular flexibility index (Phi) is 6.10. The van der Waals surface area contributed by atoms with Crippen molar-refractivity contribution >= 4 is 5.97 Å². The summed E-state index contributed by atoms with van der Waals surface area (Å²) in [6, 6.07) is 6.08. The Morgan fingerprint density at radius 1 is 1.29 bits per heavy atom. The van der Waals surface area contributed by atoms with Crippen LogP contribution in [0.5, 0.6) is 5.75 Å². The lowest BCUT2D eigenvalue weighted by atomic mass is 10.2. The molecular weight excluding hydrogens is 220 g/mol. The number of carbonyl (C=O) groups is 1. The summed E-state index contributed by atoms with van der Waals surface area (Å²) in [5, 5.41) is 9.20. The molecular formula is C13H18O4. The van der Waals surface area contributed by atoms with Crippen LogP contribution in [0.4, 0.5) is 0 Å². The second-order valence-corrected chi connectivity index (χ2v) is 3.65. The number of benzene rings is 1. The SMILES string of the molecule is CCCCOCCOC(=O)c1cccc(O)c1. The average molecular weight is 238 g/mol. The van der Waals surface area contributed by atoms with E-state index >= 15 is 0 Å². The van der Waals surface area contributed by atoms with E-state index in [1.165, 1.54) is 12.1 Å². The Balaban J connectivity index is 2.21. The number of phenolic OH excluding ortho intramolecular Hbond substituents is 1. The summed E-state index contributed by atoms with van der Waals surface area (Å²) in [4.78, 5) is 11.5. The second kappa shape index (κ2) is 7.68. The standard InChI is InChI=1S/C13H18O4/c1-2-3-7-16-8-9-17-13(15)11-5-4-6-12(14)10-11/h4-6,10,14H,2-3,7-9H2,1H3. The highest BCUT2D eigenvalue weighted by molar-refractivity contribution is 5.89. The number of hydrogen-bond acceptors (Lipinski definition) is 4. The first-order valence-corrected chi connectivity index (χ1v) is 5.78. The van der Waals surface area contributed by atoms with Gasteiger partial charge in [0, 0.05) is 6.61 Å². The van der Waals surface area contributed by atoms with Crippen molar-refractivity contribution in [2.45, 2.75) is 19.8 Å². The average Bonchev–Trinajstić information content (AvgIpc) is 2.33. The van der Waals surface area contributed by atoms with Gasteiger partial charge >= 0.3 is 5.97 Å². The molecule has 0 atom stereocenters.